The summed E-state index contributed by atoms with van der Waals surface area (Å²) in [6.45, 7) is 6.39. The number of nitrogens with zero attached hydrogens (tertiary/aromatic N) is 4. The molecule has 1 atom stereocenters. The van der Waals surface area contributed by atoms with Crippen molar-refractivity contribution in [2.45, 2.75) is 13.0 Å². The lowest BCUT2D eigenvalue weighted by Crippen LogP contribution is -2.52. The lowest BCUT2D eigenvalue weighted by molar-refractivity contribution is 0.186. The maximum absolute atomic E-state index is 13.0. The van der Waals surface area contributed by atoms with Gasteiger partial charge in [0.15, 0.2) is 5.96 Å². The number of aliphatic imine (C=N–C) groups is 1. The van der Waals surface area contributed by atoms with Crippen molar-refractivity contribution >= 4 is 11.8 Å². The molecule has 27 heavy (non-hydrogen) atoms. The zero-order valence-electron chi connectivity index (χ0n) is 15.6. The van der Waals surface area contributed by atoms with E-state index in [1.807, 2.05) is 31.3 Å². The molecule has 1 fully saturated rings. The van der Waals surface area contributed by atoms with Gasteiger partial charge in [0.2, 0.25) is 0 Å². The fourth-order valence-electron chi connectivity index (χ4n) is 3.08. The van der Waals surface area contributed by atoms with Crippen LogP contribution in [-0.4, -0.2) is 60.2 Å². The van der Waals surface area contributed by atoms with Gasteiger partial charge in [-0.1, -0.05) is 18.2 Å². The first kappa shape index (κ1) is 19.1. The first-order valence-corrected chi connectivity index (χ1v) is 9.30. The molecule has 144 valence electrons. The van der Waals surface area contributed by atoms with Crippen LogP contribution in [0.25, 0.3) is 0 Å². The van der Waals surface area contributed by atoms with Crippen molar-refractivity contribution in [2.24, 2.45) is 4.99 Å². The number of aliphatic hydroxyl groups excluding tert-OH is 1. The van der Waals surface area contributed by atoms with E-state index < -0.39 is 6.10 Å². The lowest BCUT2D eigenvalue weighted by Gasteiger charge is -2.37. The van der Waals surface area contributed by atoms with Crippen LogP contribution in [0.1, 0.15) is 18.6 Å². The van der Waals surface area contributed by atoms with Crippen molar-refractivity contribution < 1.29 is 9.50 Å². The second-order valence-electron chi connectivity index (χ2n) is 6.42. The van der Waals surface area contributed by atoms with Crippen LogP contribution in [0.5, 0.6) is 0 Å². The third kappa shape index (κ3) is 5.17. The Balaban J connectivity index is 1.60. The first-order valence-electron chi connectivity index (χ1n) is 9.30. The van der Waals surface area contributed by atoms with Gasteiger partial charge in [0.1, 0.15) is 11.6 Å². The Hall–Kier alpha value is -2.67. The molecule has 7 heteroatoms. The number of anilines is 1. The molecule has 2 heterocycles. The predicted molar refractivity (Wildman–Crippen MR) is 105 cm³/mol. The minimum absolute atomic E-state index is 0.231. The van der Waals surface area contributed by atoms with E-state index in [9.17, 15) is 9.50 Å². The van der Waals surface area contributed by atoms with E-state index in [0.29, 0.717) is 5.56 Å². The van der Waals surface area contributed by atoms with Crippen LogP contribution in [0.15, 0.2) is 53.7 Å². The highest BCUT2D eigenvalue weighted by Gasteiger charge is 2.20. The fraction of sp³-hybridized carbons (Fsp3) is 0.400. The maximum Gasteiger partial charge on any atom is 0.194 e. The number of nitrogens with one attached hydrogen (secondary N) is 1. The SMILES string of the molecule is CCNC(=NCC(O)c1ccc(F)cc1)N1CCN(c2ccccn2)CC1. The maximum atomic E-state index is 13.0. The number of hydrogen-bond donors (Lipinski definition) is 2. The van der Waals surface area contributed by atoms with Crippen LogP contribution in [-0.2, 0) is 0 Å². The van der Waals surface area contributed by atoms with Crippen LogP contribution in [0.2, 0.25) is 0 Å². The third-order valence-electron chi connectivity index (χ3n) is 4.56. The Morgan fingerprint density at radius 2 is 1.93 bits per heavy atom. The van der Waals surface area contributed by atoms with Gasteiger partial charge in [-0.15, -0.1) is 0 Å². The number of aromatic nitrogens is 1. The van der Waals surface area contributed by atoms with Gasteiger partial charge in [0.25, 0.3) is 0 Å². The molecule has 1 unspecified atom stereocenters. The molecule has 0 spiro atoms. The van der Waals surface area contributed by atoms with E-state index in [1.165, 1.54) is 12.1 Å². The Labute approximate surface area is 159 Å². The zero-order chi connectivity index (χ0) is 19.1. The second-order valence-corrected chi connectivity index (χ2v) is 6.42. The Morgan fingerprint density at radius 3 is 2.56 bits per heavy atom. The topological polar surface area (TPSA) is 64.0 Å². The highest BCUT2D eigenvalue weighted by molar-refractivity contribution is 5.80. The van der Waals surface area contributed by atoms with Gasteiger partial charge in [0.05, 0.1) is 12.6 Å². The van der Waals surface area contributed by atoms with E-state index >= 15 is 0 Å². The minimum Gasteiger partial charge on any atom is -0.386 e. The smallest absolute Gasteiger partial charge is 0.194 e. The van der Waals surface area contributed by atoms with Crippen LogP contribution in [0.4, 0.5) is 10.2 Å². The summed E-state index contributed by atoms with van der Waals surface area (Å²) in [5.74, 6) is 1.47. The average Bonchev–Trinajstić information content (AvgIpc) is 2.72. The number of rotatable bonds is 5. The van der Waals surface area contributed by atoms with Crippen molar-refractivity contribution in [2.75, 3.05) is 44.2 Å². The summed E-state index contributed by atoms with van der Waals surface area (Å²) in [6.07, 6.45) is 1.05. The van der Waals surface area contributed by atoms with Crippen molar-refractivity contribution in [3.63, 3.8) is 0 Å². The summed E-state index contributed by atoms with van der Waals surface area (Å²) < 4.78 is 13.0. The highest BCUT2D eigenvalue weighted by Crippen LogP contribution is 2.15. The molecule has 1 aliphatic rings. The normalized spacial score (nSPS) is 16.3. The zero-order valence-corrected chi connectivity index (χ0v) is 15.6. The molecule has 1 aromatic heterocycles. The number of pyridine rings is 1. The molecule has 0 bridgehead atoms. The van der Waals surface area contributed by atoms with Crippen LogP contribution >= 0.6 is 0 Å². The van der Waals surface area contributed by atoms with Crippen molar-refractivity contribution in [1.29, 1.82) is 0 Å². The number of guanidine groups is 1. The summed E-state index contributed by atoms with van der Waals surface area (Å²) in [6, 6.07) is 11.8. The monoisotopic (exact) mass is 371 g/mol. The first-order chi connectivity index (χ1) is 13.2. The van der Waals surface area contributed by atoms with Gasteiger partial charge in [-0.25, -0.2) is 9.37 Å². The van der Waals surface area contributed by atoms with Gasteiger partial charge < -0.3 is 20.2 Å². The number of benzene rings is 1. The molecule has 3 rings (SSSR count). The van der Waals surface area contributed by atoms with Gasteiger partial charge in [0, 0.05) is 38.9 Å². The standard InChI is InChI=1S/C20H26FN5O/c1-2-22-20(24-15-18(27)16-6-8-17(21)9-7-16)26-13-11-25(12-14-26)19-5-3-4-10-23-19/h3-10,18,27H,2,11-15H2,1H3,(H,22,24). The summed E-state index contributed by atoms with van der Waals surface area (Å²) in [5.41, 5.74) is 0.663. The van der Waals surface area contributed by atoms with E-state index in [4.69, 9.17) is 0 Å². The molecule has 0 radical (unpaired) electrons. The van der Waals surface area contributed by atoms with Crippen LogP contribution in [0, 0.1) is 5.82 Å². The molecule has 0 saturated carbocycles. The summed E-state index contributed by atoms with van der Waals surface area (Å²) in [4.78, 5) is 13.4. The van der Waals surface area contributed by atoms with Gasteiger partial charge >= 0.3 is 0 Å². The quantitative estimate of drug-likeness (QED) is 0.622. The van der Waals surface area contributed by atoms with Crippen LogP contribution < -0.4 is 10.2 Å². The molecule has 6 nitrogen and oxygen atoms in total. The minimum atomic E-state index is -0.755. The number of piperazine rings is 1. The second kappa shape index (κ2) is 9.32. The van der Waals surface area contributed by atoms with E-state index in [0.717, 1.165) is 44.5 Å². The average molecular weight is 371 g/mol. The summed E-state index contributed by atoms with van der Waals surface area (Å²) in [7, 11) is 0. The predicted octanol–water partition coefficient (Wildman–Crippen LogP) is 2.04. The van der Waals surface area contributed by atoms with E-state index in [2.05, 4.69) is 25.1 Å². The molecule has 0 aliphatic carbocycles. The molecular weight excluding hydrogens is 345 g/mol. The summed E-state index contributed by atoms with van der Waals surface area (Å²) >= 11 is 0. The van der Waals surface area contributed by atoms with Crippen molar-refractivity contribution in [3.8, 4) is 0 Å². The van der Waals surface area contributed by atoms with Gasteiger partial charge in [-0.05, 0) is 36.8 Å². The van der Waals surface area contributed by atoms with E-state index in [1.54, 1.807) is 12.1 Å². The number of aliphatic hydroxyl groups is 1. The van der Waals surface area contributed by atoms with Crippen molar-refractivity contribution in [3.05, 3.63) is 60.0 Å². The molecular formula is C20H26FN5O. The molecule has 1 saturated heterocycles. The fourth-order valence-corrected chi connectivity index (χ4v) is 3.08. The van der Waals surface area contributed by atoms with E-state index in [-0.39, 0.29) is 12.4 Å². The molecule has 1 aliphatic heterocycles. The van der Waals surface area contributed by atoms with Gasteiger partial charge in [-0.2, -0.15) is 0 Å². The number of hydrogen-bond acceptors (Lipinski definition) is 4. The summed E-state index contributed by atoms with van der Waals surface area (Å²) in [5, 5.41) is 13.6. The molecule has 2 aromatic rings. The third-order valence-corrected chi connectivity index (χ3v) is 4.56. The Morgan fingerprint density at radius 1 is 1.19 bits per heavy atom. The molecule has 1 aromatic carbocycles. The molecule has 2 N–H and O–H groups in total. The van der Waals surface area contributed by atoms with Crippen molar-refractivity contribution in [1.82, 2.24) is 15.2 Å². The largest absolute Gasteiger partial charge is 0.386 e. The Bertz CT molecular complexity index is 730. The van der Waals surface area contributed by atoms with Gasteiger partial charge in [-0.3, -0.25) is 4.99 Å². The van der Waals surface area contributed by atoms with Crippen LogP contribution in [0.3, 0.4) is 0 Å². The highest BCUT2D eigenvalue weighted by atomic mass is 19.1. The Kier molecular flexibility index (Phi) is 6.59. The lowest BCUT2D eigenvalue weighted by atomic mass is 10.1. The number of halogens is 1. The molecule has 0 amide bonds.